The molecule has 1 saturated heterocycles. The lowest BCUT2D eigenvalue weighted by Gasteiger charge is -2.45. The minimum atomic E-state index is -2.79. The van der Waals surface area contributed by atoms with E-state index in [2.05, 4.69) is 45.0 Å². The molecule has 9 heteroatoms. The Balaban J connectivity index is 1.89. The molecule has 212 valence electrons. The van der Waals surface area contributed by atoms with Crippen LogP contribution in [0.4, 0.5) is 4.79 Å². The van der Waals surface area contributed by atoms with Crippen molar-refractivity contribution < 1.29 is 23.6 Å². The molecule has 39 heavy (non-hydrogen) atoms. The Morgan fingerprint density at radius 2 is 1.54 bits per heavy atom. The molecule has 0 aliphatic carbocycles. The Labute approximate surface area is 233 Å². The van der Waals surface area contributed by atoms with Crippen LogP contribution in [-0.2, 0) is 13.9 Å². The van der Waals surface area contributed by atoms with Gasteiger partial charge in [0.2, 0.25) is 6.20 Å². The number of hydrogen-bond acceptors (Lipinski definition) is 6. The van der Waals surface area contributed by atoms with Gasteiger partial charge in [-0.3, -0.25) is 10.1 Å². The lowest BCUT2D eigenvalue weighted by molar-refractivity contribution is -0.402. The summed E-state index contributed by atoms with van der Waals surface area (Å²) >= 11 is 0. The number of carbonyl (C=O) groups is 1. The third-order valence-electron chi connectivity index (χ3n) is 6.67. The number of ether oxygens (including phenoxy) is 2. The van der Waals surface area contributed by atoms with Gasteiger partial charge >= 0.3 is 6.09 Å². The third kappa shape index (κ3) is 8.24. The maximum atomic E-state index is 13.0. The van der Waals surface area contributed by atoms with Crippen molar-refractivity contribution in [2.24, 2.45) is 0 Å². The van der Waals surface area contributed by atoms with Crippen molar-refractivity contribution in [1.29, 1.82) is 0 Å². The van der Waals surface area contributed by atoms with Crippen molar-refractivity contribution >= 4 is 24.8 Å². The second kappa shape index (κ2) is 12.9. The minimum Gasteiger partial charge on any atom is -0.444 e. The maximum Gasteiger partial charge on any atom is 0.410 e. The van der Waals surface area contributed by atoms with Crippen LogP contribution < -0.4 is 10.4 Å². The van der Waals surface area contributed by atoms with Gasteiger partial charge in [0, 0.05) is 0 Å². The monoisotopic (exact) mass is 554 g/mol. The van der Waals surface area contributed by atoms with E-state index in [0.29, 0.717) is 32.5 Å². The number of nitrogens with zero attached hydrogens (tertiary/aromatic N) is 2. The smallest absolute Gasteiger partial charge is 0.410 e. The first-order valence-corrected chi connectivity index (χ1v) is 15.4. The molecule has 0 aromatic heterocycles. The molecular formula is C30H42N2O6Si. The van der Waals surface area contributed by atoms with Gasteiger partial charge in [0.25, 0.3) is 8.32 Å². The molecule has 0 saturated carbocycles. The molecule has 8 nitrogen and oxygen atoms in total. The molecule has 0 radical (unpaired) electrons. The van der Waals surface area contributed by atoms with Crippen LogP contribution in [0.15, 0.2) is 72.9 Å². The zero-order chi connectivity index (χ0) is 28.7. The molecular weight excluding hydrogens is 512 g/mol. The molecule has 1 heterocycles. The molecule has 2 atom stereocenters. The number of hydrogen-bond donors (Lipinski definition) is 0. The van der Waals surface area contributed by atoms with Gasteiger partial charge in [0.15, 0.2) is 0 Å². The fourth-order valence-electron chi connectivity index (χ4n) is 5.07. The van der Waals surface area contributed by atoms with Crippen molar-refractivity contribution in [2.75, 3.05) is 19.7 Å². The predicted octanol–water partition coefficient (Wildman–Crippen LogP) is 5.14. The van der Waals surface area contributed by atoms with E-state index < -0.39 is 24.9 Å². The van der Waals surface area contributed by atoms with Crippen LogP contribution in [-0.4, -0.2) is 61.7 Å². The summed E-state index contributed by atoms with van der Waals surface area (Å²) in [6.07, 6.45) is 2.40. The lowest BCUT2D eigenvalue weighted by atomic mass is 10.1. The molecule has 1 amide bonds. The van der Waals surface area contributed by atoms with E-state index >= 15 is 0 Å². The quantitative estimate of drug-likeness (QED) is 0.242. The van der Waals surface area contributed by atoms with E-state index in [1.54, 1.807) is 4.90 Å². The van der Waals surface area contributed by atoms with Crippen LogP contribution in [0.2, 0.25) is 5.04 Å². The van der Waals surface area contributed by atoms with E-state index in [1.165, 1.54) is 16.4 Å². The summed E-state index contributed by atoms with van der Waals surface area (Å²) in [4.78, 5) is 24.9. The Morgan fingerprint density at radius 1 is 1.00 bits per heavy atom. The van der Waals surface area contributed by atoms with E-state index in [9.17, 15) is 14.9 Å². The third-order valence-corrected chi connectivity index (χ3v) is 11.7. The van der Waals surface area contributed by atoms with Gasteiger partial charge in [-0.2, -0.15) is 0 Å². The second-order valence-corrected chi connectivity index (χ2v) is 16.3. The van der Waals surface area contributed by atoms with E-state index in [-0.39, 0.29) is 17.2 Å². The predicted molar refractivity (Wildman–Crippen MR) is 155 cm³/mol. The molecule has 1 aliphatic rings. The number of benzene rings is 2. The van der Waals surface area contributed by atoms with Gasteiger partial charge in [0.1, 0.15) is 5.60 Å². The summed E-state index contributed by atoms with van der Waals surface area (Å²) in [5, 5.41) is 12.8. The zero-order valence-corrected chi connectivity index (χ0v) is 25.0. The van der Waals surface area contributed by atoms with Crippen LogP contribution in [0, 0.1) is 10.1 Å². The van der Waals surface area contributed by atoms with E-state index in [4.69, 9.17) is 13.9 Å². The largest absolute Gasteiger partial charge is 0.444 e. The highest BCUT2D eigenvalue weighted by Gasteiger charge is 2.50. The standard InChI is InChI=1S/C30H42N2O6Si/c1-29(2,3)38-28(33)31-21-24(15-13-14-20-32(34)35)37-25(22-31)23-36-39(30(4,5)6,26-16-9-7-10-17-26)27-18-11-8-12-19-27/h7-12,14,16-20,24-25H,13,15,21-23H2,1-6H3/b20-14+/t24?,25-/m0/s1. The number of morpholine rings is 1. The van der Waals surface area contributed by atoms with Crippen LogP contribution in [0.5, 0.6) is 0 Å². The summed E-state index contributed by atoms with van der Waals surface area (Å²) in [5.41, 5.74) is -0.625. The Morgan fingerprint density at radius 3 is 2.03 bits per heavy atom. The van der Waals surface area contributed by atoms with Gasteiger partial charge in [-0.15, -0.1) is 0 Å². The van der Waals surface area contributed by atoms with Crippen molar-refractivity contribution in [2.45, 2.75) is 77.2 Å². The van der Waals surface area contributed by atoms with Crippen LogP contribution in [0.3, 0.4) is 0 Å². The summed E-state index contributed by atoms with van der Waals surface area (Å²) in [6, 6.07) is 20.8. The minimum absolute atomic E-state index is 0.193. The van der Waals surface area contributed by atoms with Crippen molar-refractivity contribution in [3.63, 3.8) is 0 Å². The molecule has 2 aromatic carbocycles. The van der Waals surface area contributed by atoms with E-state index in [1.807, 2.05) is 57.2 Å². The maximum absolute atomic E-state index is 13.0. The van der Waals surface area contributed by atoms with E-state index in [0.717, 1.165) is 6.20 Å². The average Bonchev–Trinajstić information content (AvgIpc) is 2.86. The van der Waals surface area contributed by atoms with Crippen LogP contribution in [0.25, 0.3) is 0 Å². The summed E-state index contributed by atoms with van der Waals surface area (Å²) in [6.45, 7) is 13.2. The molecule has 0 bridgehead atoms. The number of allylic oxidation sites excluding steroid dienone is 1. The molecule has 3 rings (SSSR count). The number of nitro groups is 1. The topological polar surface area (TPSA) is 91.1 Å². The van der Waals surface area contributed by atoms with Crippen molar-refractivity contribution in [1.82, 2.24) is 4.90 Å². The second-order valence-electron chi connectivity index (χ2n) is 12.0. The summed E-state index contributed by atoms with van der Waals surface area (Å²) in [5.74, 6) is 0. The molecule has 1 unspecified atom stereocenters. The van der Waals surface area contributed by atoms with Gasteiger partial charge < -0.3 is 18.8 Å². The first-order chi connectivity index (χ1) is 18.3. The van der Waals surface area contributed by atoms with Gasteiger partial charge in [-0.05, 0) is 55.1 Å². The normalized spacial score (nSPS) is 18.8. The zero-order valence-electron chi connectivity index (χ0n) is 24.0. The first kappa shape index (κ1) is 30.5. The molecule has 0 N–H and O–H groups in total. The van der Waals surface area contributed by atoms with Gasteiger partial charge in [-0.25, -0.2) is 4.79 Å². The Kier molecular flexibility index (Phi) is 10.1. The highest BCUT2D eigenvalue weighted by molar-refractivity contribution is 6.99. The van der Waals surface area contributed by atoms with Crippen LogP contribution in [0.1, 0.15) is 54.4 Å². The van der Waals surface area contributed by atoms with Crippen molar-refractivity contribution in [3.8, 4) is 0 Å². The highest BCUT2D eigenvalue weighted by atomic mass is 28.4. The SMILES string of the molecule is CC(C)(C)OC(=O)N1CC(CC/C=C/[N+](=O)[O-])O[C@H](CO[Si](c2ccccc2)(c2ccccc2)C(C)(C)C)C1. The van der Waals surface area contributed by atoms with Crippen molar-refractivity contribution in [3.05, 3.63) is 83.1 Å². The fraction of sp³-hybridized carbons (Fsp3) is 0.500. The summed E-state index contributed by atoms with van der Waals surface area (Å²) < 4.78 is 19.2. The number of rotatable bonds is 9. The van der Waals surface area contributed by atoms with Gasteiger partial charge in [0.05, 0.1) is 36.8 Å². The summed E-state index contributed by atoms with van der Waals surface area (Å²) in [7, 11) is -2.79. The lowest BCUT2D eigenvalue weighted by Crippen LogP contribution is -2.67. The number of carbonyl (C=O) groups excluding carboxylic acids is 1. The highest BCUT2D eigenvalue weighted by Crippen LogP contribution is 2.37. The molecule has 0 spiro atoms. The fourth-order valence-corrected chi connectivity index (χ4v) is 9.66. The molecule has 1 aliphatic heterocycles. The molecule has 2 aromatic rings. The van der Waals surface area contributed by atoms with Crippen LogP contribution >= 0.6 is 0 Å². The average molecular weight is 555 g/mol. The van der Waals surface area contributed by atoms with Gasteiger partial charge in [-0.1, -0.05) is 81.4 Å². The number of amides is 1. The first-order valence-electron chi connectivity index (χ1n) is 13.5. The Bertz CT molecular complexity index is 1070. The Hall–Kier alpha value is -3.01. The molecule has 1 fully saturated rings.